The van der Waals surface area contributed by atoms with Crippen LogP contribution in [-0.2, 0) is 19.1 Å². The maximum atomic E-state index is 12.7. The molecule has 6 heteroatoms. The average Bonchev–Trinajstić information content (AvgIpc) is 3.12. The van der Waals surface area contributed by atoms with Crippen LogP contribution < -0.4 is 0 Å². The molecule has 0 aromatic rings. The van der Waals surface area contributed by atoms with Crippen molar-refractivity contribution in [1.82, 2.24) is 0 Å². The first kappa shape index (κ1) is 21.2. The van der Waals surface area contributed by atoms with E-state index in [2.05, 4.69) is 45.7 Å². The summed E-state index contributed by atoms with van der Waals surface area (Å²) in [5, 5.41) is 0. The minimum absolute atomic E-state index is 0.140. The highest BCUT2D eigenvalue weighted by Gasteiger charge is 2.62. The van der Waals surface area contributed by atoms with Crippen molar-refractivity contribution in [2.45, 2.75) is 68.4 Å². The number of rotatable bonds is 10. The molecule has 2 fully saturated rings. The summed E-state index contributed by atoms with van der Waals surface area (Å²) in [6.45, 7) is 5.13. The average molecular weight is 482 g/mol. The molecule has 6 atom stereocenters. The molecule has 0 saturated heterocycles. The van der Waals surface area contributed by atoms with E-state index in [0.717, 1.165) is 44.9 Å². The molecule has 2 aliphatic carbocycles. The van der Waals surface area contributed by atoms with Gasteiger partial charge in [-0.1, -0.05) is 71.4 Å². The molecule has 6 unspecified atom stereocenters. The smallest absolute Gasteiger partial charge is 0.310 e. The minimum Gasteiger partial charge on any atom is -0.465 e. The van der Waals surface area contributed by atoms with Crippen molar-refractivity contribution < 1.29 is 19.1 Å². The topological polar surface area (TPSA) is 52.6 Å². The number of alkyl halides is 2. The fourth-order valence-electron chi connectivity index (χ4n) is 4.15. The molecular formula is C19H30Br2O4. The summed E-state index contributed by atoms with van der Waals surface area (Å²) in [6, 6.07) is 0. The fraction of sp³-hybridized carbons (Fsp3) is 0.895. The zero-order valence-electron chi connectivity index (χ0n) is 15.2. The van der Waals surface area contributed by atoms with Gasteiger partial charge in [0.15, 0.2) is 0 Å². The third-order valence-electron chi connectivity index (χ3n) is 5.50. The molecular weight excluding hydrogens is 452 g/mol. The van der Waals surface area contributed by atoms with Crippen LogP contribution in [0, 0.1) is 23.7 Å². The largest absolute Gasteiger partial charge is 0.465 e. The molecule has 0 radical (unpaired) electrons. The van der Waals surface area contributed by atoms with Gasteiger partial charge in [0.25, 0.3) is 0 Å². The highest BCUT2D eigenvalue weighted by molar-refractivity contribution is 9.12. The zero-order valence-corrected chi connectivity index (χ0v) is 18.4. The summed E-state index contributed by atoms with van der Waals surface area (Å²) in [5.41, 5.74) is 0. The Morgan fingerprint density at radius 2 is 1.20 bits per heavy atom. The first-order valence-corrected chi connectivity index (χ1v) is 11.5. The summed E-state index contributed by atoms with van der Waals surface area (Å²) in [6.07, 6.45) is 6.92. The second-order valence-electron chi connectivity index (χ2n) is 7.25. The van der Waals surface area contributed by atoms with Crippen LogP contribution in [0.5, 0.6) is 0 Å². The lowest BCUT2D eigenvalue weighted by Gasteiger charge is -2.34. The maximum Gasteiger partial charge on any atom is 0.310 e. The van der Waals surface area contributed by atoms with E-state index in [4.69, 9.17) is 9.47 Å². The van der Waals surface area contributed by atoms with Crippen LogP contribution in [0.4, 0.5) is 0 Å². The van der Waals surface area contributed by atoms with Crippen molar-refractivity contribution in [3.8, 4) is 0 Å². The van der Waals surface area contributed by atoms with Crippen molar-refractivity contribution in [2.24, 2.45) is 23.7 Å². The van der Waals surface area contributed by atoms with Crippen molar-refractivity contribution >= 4 is 43.8 Å². The molecule has 25 heavy (non-hydrogen) atoms. The van der Waals surface area contributed by atoms with Crippen molar-refractivity contribution in [1.29, 1.82) is 0 Å². The first-order valence-electron chi connectivity index (χ1n) is 9.64. The van der Waals surface area contributed by atoms with Gasteiger partial charge in [-0.2, -0.15) is 0 Å². The summed E-state index contributed by atoms with van der Waals surface area (Å²) < 4.78 is 11.0. The molecule has 0 heterocycles. The number of esters is 2. The minimum atomic E-state index is -0.372. The van der Waals surface area contributed by atoms with Gasteiger partial charge in [0, 0.05) is 9.65 Å². The maximum absolute atomic E-state index is 12.7. The number of hydrogen-bond acceptors (Lipinski definition) is 4. The van der Waals surface area contributed by atoms with E-state index in [0.29, 0.717) is 13.2 Å². The monoisotopic (exact) mass is 480 g/mol. The molecule has 0 aromatic carbocycles. The SMILES string of the molecule is CCCCCOC(=O)C1C2CC(C(Br)C2Br)C1C(=O)OCCCCC. The lowest BCUT2D eigenvalue weighted by Crippen LogP contribution is -2.44. The number of carbonyl (C=O) groups is 2. The van der Waals surface area contributed by atoms with Crippen molar-refractivity contribution in [2.75, 3.05) is 13.2 Å². The van der Waals surface area contributed by atoms with Crippen LogP contribution in [0.1, 0.15) is 58.8 Å². The van der Waals surface area contributed by atoms with E-state index in [1.165, 1.54) is 0 Å². The number of halogens is 2. The predicted molar refractivity (Wildman–Crippen MR) is 105 cm³/mol. The van der Waals surface area contributed by atoms with Crippen LogP contribution in [0.2, 0.25) is 0 Å². The Hall–Kier alpha value is -0.100. The number of fused-ring (bicyclic) bond motifs is 2. The molecule has 0 aliphatic heterocycles. The highest BCUT2D eigenvalue weighted by atomic mass is 79.9. The lowest BCUT2D eigenvalue weighted by atomic mass is 9.79. The van der Waals surface area contributed by atoms with E-state index >= 15 is 0 Å². The third kappa shape index (κ3) is 5.00. The van der Waals surface area contributed by atoms with Gasteiger partial charge in [-0.15, -0.1) is 0 Å². The summed E-state index contributed by atoms with van der Waals surface area (Å²) in [7, 11) is 0. The van der Waals surface area contributed by atoms with Crippen LogP contribution >= 0.6 is 31.9 Å². The lowest BCUT2D eigenvalue weighted by molar-refractivity contribution is -0.163. The molecule has 4 nitrogen and oxygen atoms in total. The molecule has 2 saturated carbocycles. The second-order valence-corrected chi connectivity index (χ2v) is 9.37. The van der Waals surface area contributed by atoms with Gasteiger partial charge in [-0.25, -0.2) is 0 Å². The molecule has 0 spiro atoms. The standard InChI is InChI=1S/C19H30Br2O4/c1-3-5-7-9-24-18(22)14-12-11-13(17(21)16(12)20)15(14)19(23)25-10-8-6-4-2/h12-17H,3-11H2,1-2H3. The van der Waals surface area contributed by atoms with Gasteiger partial charge in [0.2, 0.25) is 0 Å². The van der Waals surface area contributed by atoms with Gasteiger partial charge in [-0.05, 0) is 31.1 Å². The molecule has 0 N–H and O–H groups in total. The Morgan fingerprint density at radius 1 is 0.800 bits per heavy atom. The van der Waals surface area contributed by atoms with E-state index < -0.39 is 0 Å². The Kier molecular flexibility index (Phi) is 8.73. The zero-order chi connectivity index (χ0) is 18.4. The van der Waals surface area contributed by atoms with E-state index in [1.807, 2.05) is 0 Å². The Labute approximate surface area is 168 Å². The summed E-state index contributed by atoms with van der Waals surface area (Å²) in [4.78, 5) is 25.8. The first-order chi connectivity index (χ1) is 12.0. The van der Waals surface area contributed by atoms with Crippen LogP contribution in [0.25, 0.3) is 0 Å². The number of carbonyl (C=O) groups excluding carboxylic acids is 2. The van der Waals surface area contributed by atoms with Crippen molar-refractivity contribution in [3.05, 3.63) is 0 Å². The van der Waals surface area contributed by atoms with Gasteiger partial charge in [0.05, 0.1) is 25.0 Å². The highest BCUT2D eigenvalue weighted by Crippen LogP contribution is 2.57. The van der Waals surface area contributed by atoms with Crippen LogP contribution in [-0.4, -0.2) is 34.8 Å². The molecule has 2 rings (SSSR count). The van der Waals surface area contributed by atoms with E-state index in [-0.39, 0.29) is 45.3 Å². The fourth-order valence-corrected chi connectivity index (χ4v) is 6.03. The number of ether oxygens (including phenoxy) is 2. The predicted octanol–water partition coefficient (Wildman–Crippen LogP) is 4.86. The van der Waals surface area contributed by atoms with Crippen LogP contribution in [0.15, 0.2) is 0 Å². The molecule has 0 aromatic heterocycles. The van der Waals surface area contributed by atoms with E-state index in [1.54, 1.807) is 0 Å². The Morgan fingerprint density at radius 3 is 1.56 bits per heavy atom. The quantitative estimate of drug-likeness (QED) is 0.254. The van der Waals surface area contributed by atoms with Gasteiger partial charge >= 0.3 is 11.9 Å². The third-order valence-corrected chi connectivity index (χ3v) is 8.71. The summed E-state index contributed by atoms with van der Waals surface area (Å²) >= 11 is 7.41. The van der Waals surface area contributed by atoms with E-state index in [9.17, 15) is 9.59 Å². The van der Waals surface area contributed by atoms with Crippen LogP contribution in [0.3, 0.4) is 0 Å². The normalized spacial score (nSPS) is 33.4. The molecule has 2 aliphatic rings. The number of unbranched alkanes of at least 4 members (excludes halogenated alkanes) is 4. The molecule has 2 bridgehead atoms. The Bertz CT molecular complexity index is 417. The molecule has 0 amide bonds. The van der Waals surface area contributed by atoms with Gasteiger partial charge in [0.1, 0.15) is 0 Å². The number of hydrogen-bond donors (Lipinski definition) is 0. The van der Waals surface area contributed by atoms with Gasteiger partial charge < -0.3 is 9.47 Å². The molecule has 144 valence electrons. The van der Waals surface area contributed by atoms with Gasteiger partial charge in [-0.3, -0.25) is 9.59 Å². The second kappa shape index (κ2) is 10.3. The van der Waals surface area contributed by atoms with Crippen molar-refractivity contribution in [3.63, 3.8) is 0 Å². The summed E-state index contributed by atoms with van der Waals surface area (Å²) in [5.74, 6) is -0.902. The Balaban J connectivity index is 1.98.